The Morgan fingerprint density at radius 3 is 2.48 bits per heavy atom. The minimum absolute atomic E-state index is 0. The molecule has 1 aliphatic rings. The summed E-state index contributed by atoms with van der Waals surface area (Å²) in [4.78, 5) is 1.77. The Kier molecular flexibility index (Phi) is 7.26. The van der Waals surface area contributed by atoms with Crippen LogP contribution in [0.2, 0.25) is 5.02 Å². The van der Waals surface area contributed by atoms with Crippen LogP contribution in [0.5, 0.6) is 11.5 Å². The molecule has 1 aliphatic heterocycles. The minimum Gasteiger partial charge on any atom is -0.503 e. The third-order valence-electron chi connectivity index (χ3n) is 3.67. The van der Waals surface area contributed by atoms with Crippen molar-refractivity contribution >= 4 is 24.0 Å². The highest BCUT2D eigenvalue weighted by Crippen LogP contribution is 2.41. The van der Waals surface area contributed by atoms with Gasteiger partial charge >= 0.3 is 6.18 Å². The van der Waals surface area contributed by atoms with E-state index in [-0.39, 0.29) is 28.9 Å². The molecule has 1 aromatic carbocycles. The fourth-order valence-corrected chi connectivity index (χ4v) is 2.83. The Morgan fingerprint density at radius 2 is 1.96 bits per heavy atom. The predicted molar refractivity (Wildman–Crippen MR) is 84.8 cm³/mol. The highest BCUT2D eigenvalue weighted by molar-refractivity contribution is 6.32. The van der Waals surface area contributed by atoms with Crippen molar-refractivity contribution in [2.75, 3.05) is 33.3 Å². The van der Waals surface area contributed by atoms with Gasteiger partial charge in [0, 0.05) is 32.2 Å². The summed E-state index contributed by atoms with van der Waals surface area (Å²) in [7, 11) is 1.33. The molecule has 23 heavy (non-hydrogen) atoms. The Hall–Kier alpha value is -0.890. The number of rotatable bonds is 4. The van der Waals surface area contributed by atoms with Gasteiger partial charge in [0.1, 0.15) is 0 Å². The van der Waals surface area contributed by atoms with Crippen LogP contribution in [-0.2, 0) is 0 Å². The number of phenolic OH excluding ortho intramolecular Hbond substituents is 1. The number of alkyl halides is 3. The first kappa shape index (κ1) is 20.2. The minimum atomic E-state index is -4.30. The summed E-state index contributed by atoms with van der Waals surface area (Å²) in [5.74, 6) is -0.191. The Labute approximate surface area is 144 Å². The van der Waals surface area contributed by atoms with Crippen LogP contribution in [0.4, 0.5) is 13.2 Å². The van der Waals surface area contributed by atoms with Gasteiger partial charge in [-0.1, -0.05) is 11.6 Å². The Morgan fingerprint density at radius 1 is 1.35 bits per heavy atom. The summed E-state index contributed by atoms with van der Waals surface area (Å²) in [5.41, 5.74) is 0.388. The van der Waals surface area contributed by atoms with Crippen molar-refractivity contribution in [3.8, 4) is 11.5 Å². The third-order valence-corrected chi connectivity index (χ3v) is 3.96. The first-order valence-corrected chi connectivity index (χ1v) is 7.27. The molecule has 0 aliphatic carbocycles. The van der Waals surface area contributed by atoms with Crippen LogP contribution in [-0.4, -0.2) is 49.5 Å². The number of hydrogen-bond acceptors (Lipinski definition) is 4. The van der Waals surface area contributed by atoms with Crippen molar-refractivity contribution < 1.29 is 23.0 Å². The van der Waals surface area contributed by atoms with Crippen molar-refractivity contribution in [3.63, 3.8) is 0 Å². The van der Waals surface area contributed by atoms with E-state index in [9.17, 15) is 18.3 Å². The van der Waals surface area contributed by atoms with Gasteiger partial charge in [-0.15, -0.1) is 12.4 Å². The summed E-state index contributed by atoms with van der Waals surface area (Å²) in [6.07, 6.45) is -5.27. The number of nitrogens with one attached hydrogen (secondary N) is 1. The van der Waals surface area contributed by atoms with Gasteiger partial charge in [0.25, 0.3) is 0 Å². The van der Waals surface area contributed by atoms with Crippen LogP contribution in [0, 0.1) is 0 Å². The molecule has 1 fully saturated rings. The fourth-order valence-electron chi connectivity index (χ4n) is 2.61. The van der Waals surface area contributed by atoms with Crippen LogP contribution < -0.4 is 10.1 Å². The lowest BCUT2D eigenvalue weighted by Gasteiger charge is -2.36. The van der Waals surface area contributed by atoms with Gasteiger partial charge < -0.3 is 15.2 Å². The molecule has 0 unspecified atom stereocenters. The number of ether oxygens (including phenoxy) is 1. The first-order valence-electron chi connectivity index (χ1n) is 6.89. The average Bonchev–Trinajstić information content (AvgIpc) is 2.47. The van der Waals surface area contributed by atoms with Crippen molar-refractivity contribution in [3.05, 3.63) is 22.7 Å². The second-order valence-corrected chi connectivity index (χ2v) is 5.58. The number of benzene rings is 1. The van der Waals surface area contributed by atoms with E-state index >= 15 is 0 Å². The summed E-state index contributed by atoms with van der Waals surface area (Å²) in [6.45, 7) is 2.30. The number of nitrogens with zero attached hydrogens (tertiary/aromatic N) is 1. The molecule has 0 radical (unpaired) electrons. The average molecular weight is 375 g/mol. The topological polar surface area (TPSA) is 44.7 Å². The second kappa shape index (κ2) is 8.28. The lowest BCUT2D eigenvalue weighted by atomic mass is 10.00. The van der Waals surface area contributed by atoms with Gasteiger partial charge in [-0.25, -0.2) is 0 Å². The van der Waals surface area contributed by atoms with Crippen molar-refractivity contribution in [1.29, 1.82) is 0 Å². The normalized spacial score (nSPS) is 17.4. The van der Waals surface area contributed by atoms with Crippen molar-refractivity contribution in [1.82, 2.24) is 10.2 Å². The first-order chi connectivity index (χ1) is 10.3. The number of phenols is 1. The van der Waals surface area contributed by atoms with E-state index in [1.807, 2.05) is 0 Å². The molecule has 1 saturated heterocycles. The molecule has 1 atom stereocenters. The maximum atomic E-state index is 13.0. The van der Waals surface area contributed by atoms with Gasteiger partial charge in [-0.3, -0.25) is 4.90 Å². The quantitative estimate of drug-likeness (QED) is 0.847. The molecule has 2 rings (SSSR count). The van der Waals surface area contributed by atoms with Gasteiger partial charge in [0.15, 0.2) is 11.5 Å². The molecule has 4 nitrogen and oxygen atoms in total. The molecule has 9 heteroatoms. The van der Waals surface area contributed by atoms with E-state index in [0.29, 0.717) is 31.7 Å². The Bertz CT molecular complexity index is 523. The van der Waals surface area contributed by atoms with Crippen LogP contribution in [0.15, 0.2) is 12.1 Å². The molecule has 0 saturated carbocycles. The monoisotopic (exact) mass is 374 g/mol. The summed E-state index contributed by atoms with van der Waals surface area (Å²) < 4.78 is 43.8. The molecule has 0 amide bonds. The summed E-state index contributed by atoms with van der Waals surface area (Å²) in [5, 5.41) is 12.8. The lowest BCUT2D eigenvalue weighted by Crippen LogP contribution is -2.46. The van der Waals surface area contributed by atoms with Crippen LogP contribution in [0.3, 0.4) is 0 Å². The molecule has 1 heterocycles. The SMILES string of the molecule is COc1cc([C@H](CC(F)(F)F)N2CCNCC2)cc(Cl)c1O.Cl. The van der Waals surface area contributed by atoms with Gasteiger partial charge in [-0.2, -0.15) is 13.2 Å². The number of hydrogen-bond donors (Lipinski definition) is 2. The Balaban J connectivity index is 0.00000264. The number of methoxy groups -OCH3 is 1. The fraction of sp³-hybridized carbons (Fsp3) is 0.571. The molecule has 2 N–H and O–H groups in total. The summed E-state index contributed by atoms with van der Waals surface area (Å²) >= 11 is 5.91. The van der Waals surface area contributed by atoms with Crippen LogP contribution in [0.1, 0.15) is 18.0 Å². The van der Waals surface area contributed by atoms with Crippen molar-refractivity contribution in [2.45, 2.75) is 18.6 Å². The number of halogens is 5. The van der Waals surface area contributed by atoms with Crippen LogP contribution in [0.25, 0.3) is 0 Å². The van der Waals surface area contributed by atoms with Gasteiger partial charge in [-0.05, 0) is 17.7 Å². The zero-order valence-corrected chi connectivity index (χ0v) is 14.1. The van der Waals surface area contributed by atoms with E-state index in [1.54, 1.807) is 4.90 Å². The van der Waals surface area contributed by atoms with E-state index in [1.165, 1.54) is 19.2 Å². The number of aromatic hydroxyl groups is 1. The molecule has 0 aromatic heterocycles. The van der Waals surface area contributed by atoms with Gasteiger partial charge in [0.05, 0.1) is 18.6 Å². The van der Waals surface area contributed by atoms with Gasteiger partial charge in [0.2, 0.25) is 0 Å². The van der Waals surface area contributed by atoms with Crippen LogP contribution >= 0.6 is 24.0 Å². The zero-order valence-electron chi connectivity index (χ0n) is 12.5. The number of piperazine rings is 1. The zero-order chi connectivity index (χ0) is 16.3. The molecular weight excluding hydrogens is 356 g/mol. The standard InChI is InChI=1S/C14H18ClF3N2O2.ClH/c1-22-12-7-9(6-10(15)13(12)21)11(8-14(16,17)18)20-4-2-19-3-5-20;/h6-7,11,19,21H,2-5,8H2,1H3;1H/t11-;/m0./s1. The molecule has 0 bridgehead atoms. The smallest absolute Gasteiger partial charge is 0.390 e. The van der Waals surface area contributed by atoms with Crippen molar-refractivity contribution in [2.24, 2.45) is 0 Å². The van der Waals surface area contributed by atoms with E-state index in [4.69, 9.17) is 16.3 Å². The largest absolute Gasteiger partial charge is 0.503 e. The third kappa shape index (κ3) is 5.31. The highest BCUT2D eigenvalue weighted by Gasteiger charge is 2.36. The molecular formula is C14H19Cl2F3N2O2. The summed E-state index contributed by atoms with van der Waals surface area (Å²) in [6, 6.07) is 1.94. The molecule has 1 aromatic rings. The molecule has 0 spiro atoms. The lowest BCUT2D eigenvalue weighted by molar-refractivity contribution is -0.148. The maximum Gasteiger partial charge on any atom is 0.390 e. The molecule has 132 valence electrons. The maximum absolute atomic E-state index is 13.0. The highest BCUT2D eigenvalue weighted by atomic mass is 35.5. The van der Waals surface area contributed by atoms with E-state index in [0.717, 1.165) is 0 Å². The van der Waals surface area contributed by atoms with E-state index in [2.05, 4.69) is 5.32 Å². The second-order valence-electron chi connectivity index (χ2n) is 5.17. The predicted octanol–water partition coefficient (Wildman–Crippen LogP) is 3.37. The van der Waals surface area contributed by atoms with E-state index < -0.39 is 18.6 Å².